The van der Waals surface area contributed by atoms with E-state index in [9.17, 15) is 4.79 Å². The zero-order valence-electron chi connectivity index (χ0n) is 14.3. The number of nitrogens with zero attached hydrogens (tertiary/aromatic N) is 2. The van der Waals surface area contributed by atoms with Crippen molar-refractivity contribution in [1.82, 2.24) is 9.88 Å². The van der Waals surface area contributed by atoms with E-state index in [4.69, 9.17) is 12.2 Å². The molecule has 1 aromatic heterocycles. The van der Waals surface area contributed by atoms with Crippen LogP contribution < -0.4 is 5.32 Å². The van der Waals surface area contributed by atoms with E-state index in [0.29, 0.717) is 11.8 Å². The number of aromatic nitrogens is 1. The average molecular weight is 384 g/mol. The summed E-state index contributed by atoms with van der Waals surface area (Å²) in [5.41, 5.74) is 1.18. The predicted molar refractivity (Wildman–Crippen MR) is 107 cm³/mol. The van der Waals surface area contributed by atoms with E-state index in [1.807, 2.05) is 0 Å². The molecule has 0 unspecified atom stereocenters. The van der Waals surface area contributed by atoms with Crippen LogP contribution in [0.4, 0.5) is 5.13 Å². The van der Waals surface area contributed by atoms with E-state index in [1.165, 1.54) is 48.0 Å². The number of hydrogen-bond acceptors (Lipinski definition) is 5. The van der Waals surface area contributed by atoms with Gasteiger partial charge in [0.15, 0.2) is 5.13 Å². The third-order valence-corrected chi connectivity index (χ3v) is 7.31. The molecule has 24 heavy (non-hydrogen) atoms. The topological polar surface area (TPSA) is 45.2 Å². The fourth-order valence-corrected chi connectivity index (χ4v) is 5.73. The molecule has 4 nitrogen and oxygen atoms in total. The molecule has 2 atom stereocenters. The molecule has 0 radical (unpaired) electrons. The number of thioether (sulfide) groups is 1. The zero-order chi connectivity index (χ0) is 17.1. The van der Waals surface area contributed by atoms with E-state index >= 15 is 0 Å². The molecule has 3 rings (SSSR count). The Morgan fingerprint density at radius 1 is 1.42 bits per heavy atom. The van der Waals surface area contributed by atoms with Gasteiger partial charge in [-0.05, 0) is 51.4 Å². The van der Waals surface area contributed by atoms with E-state index in [0.717, 1.165) is 34.8 Å². The number of fused-ring (bicyclic) bond motifs is 1. The van der Waals surface area contributed by atoms with Crippen LogP contribution in [0.5, 0.6) is 0 Å². The van der Waals surface area contributed by atoms with Gasteiger partial charge in [0.25, 0.3) is 0 Å². The summed E-state index contributed by atoms with van der Waals surface area (Å²) in [6.45, 7) is 5.51. The summed E-state index contributed by atoms with van der Waals surface area (Å²) in [4.78, 5) is 20.4. The zero-order valence-corrected chi connectivity index (χ0v) is 16.8. The lowest BCUT2D eigenvalue weighted by molar-refractivity contribution is -0.113. The first-order valence-corrected chi connectivity index (χ1v) is 11.0. The van der Waals surface area contributed by atoms with Gasteiger partial charge in [-0.2, -0.15) is 0 Å². The second-order valence-corrected chi connectivity index (χ2v) is 9.57. The minimum Gasteiger partial charge on any atom is -0.355 e. The first-order valence-electron chi connectivity index (χ1n) is 8.74. The SMILES string of the molecule is C[C@@H]1CCc2nc(NC(=O)CSC(=S)N3CCCC[C@@H]3C)sc2C1. The highest BCUT2D eigenvalue weighted by Crippen LogP contribution is 2.32. The van der Waals surface area contributed by atoms with Crippen LogP contribution in [-0.4, -0.2) is 38.5 Å². The van der Waals surface area contributed by atoms with Crippen LogP contribution in [-0.2, 0) is 17.6 Å². The molecule has 1 aromatic rings. The third-order valence-electron chi connectivity index (χ3n) is 4.80. The summed E-state index contributed by atoms with van der Waals surface area (Å²) < 4.78 is 0.851. The van der Waals surface area contributed by atoms with E-state index < -0.39 is 0 Å². The van der Waals surface area contributed by atoms with Crippen LogP contribution in [0.1, 0.15) is 50.1 Å². The maximum absolute atomic E-state index is 12.2. The first-order chi connectivity index (χ1) is 11.5. The molecule has 1 N–H and O–H groups in total. The number of nitrogens with one attached hydrogen (secondary N) is 1. The summed E-state index contributed by atoms with van der Waals surface area (Å²) in [7, 11) is 0. The Labute approximate surface area is 157 Å². The monoisotopic (exact) mass is 383 g/mol. The smallest absolute Gasteiger partial charge is 0.236 e. The number of hydrogen-bond donors (Lipinski definition) is 1. The Bertz CT molecular complexity index is 616. The van der Waals surface area contributed by atoms with E-state index in [2.05, 4.69) is 29.0 Å². The summed E-state index contributed by atoms with van der Waals surface area (Å²) in [5, 5.41) is 3.70. The fraction of sp³-hybridized carbons (Fsp3) is 0.706. The number of likely N-dealkylation sites (tertiary alicyclic amines) is 1. The summed E-state index contributed by atoms with van der Waals surface area (Å²) in [6, 6.07) is 0.495. The van der Waals surface area contributed by atoms with E-state index in [-0.39, 0.29) is 5.91 Å². The number of carbonyl (C=O) groups is 1. The molecule has 0 saturated carbocycles. The lowest BCUT2D eigenvalue weighted by Gasteiger charge is -2.34. The molecule has 7 heteroatoms. The predicted octanol–water partition coefficient (Wildman–Crippen LogP) is 4.10. The molecular formula is C17H25N3OS3. The molecule has 0 aromatic carbocycles. The molecule has 1 saturated heterocycles. The highest BCUT2D eigenvalue weighted by Gasteiger charge is 2.23. The standard InChI is InChI=1S/C17H25N3OS3/c1-11-6-7-13-14(9-11)24-16(18-13)19-15(21)10-23-17(22)20-8-4-3-5-12(20)2/h11-12H,3-10H2,1-2H3,(H,18,19,21)/t11-,12+/m1/s1. The Kier molecular flexibility index (Phi) is 6.16. The largest absolute Gasteiger partial charge is 0.355 e. The van der Waals surface area contributed by atoms with Gasteiger partial charge >= 0.3 is 0 Å². The van der Waals surface area contributed by atoms with Gasteiger partial charge in [0, 0.05) is 17.5 Å². The number of rotatable bonds is 3. The number of amides is 1. The van der Waals surface area contributed by atoms with Crippen molar-refractivity contribution in [1.29, 1.82) is 0 Å². The Morgan fingerprint density at radius 2 is 2.25 bits per heavy atom. The molecule has 1 aliphatic carbocycles. The molecule has 1 fully saturated rings. The molecule has 0 spiro atoms. The molecule has 2 aliphatic rings. The van der Waals surface area contributed by atoms with Gasteiger partial charge in [-0.1, -0.05) is 30.9 Å². The maximum Gasteiger partial charge on any atom is 0.236 e. The van der Waals surface area contributed by atoms with Crippen molar-refractivity contribution >= 4 is 50.7 Å². The summed E-state index contributed by atoms with van der Waals surface area (Å²) >= 11 is 8.62. The lowest BCUT2D eigenvalue weighted by Crippen LogP contribution is -2.40. The second kappa shape index (κ2) is 8.15. The van der Waals surface area contributed by atoms with Gasteiger partial charge in [0.1, 0.15) is 4.32 Å². The summed E-state index contributed by atoms with van der Waals surface area (Å²) in [6.07, 6.45) is 6.99. The van der Waals surface area contributed by atoms with Gasteiger partial charge in [0.05, 0.1) is 11.4 Å². The van der Waals surface area contributed by atoms with Crippen molar-refractivity contribution in [2.75, 3.05) is 17.6 Å². The number of carbonyl (C=O) groups excluding carboxylic acids is 1. The number of piperidine rings is 1. The van der Waals surface area contributed by atoms with Crippen molar-refractivity contribution in [3.8, 4) is 0 Å². The maximum atomic E-state index is 12.2. The van der Waals surface area contributed by atoms with Crippen molar-refractivity contribution < 1.29 is 4.79 Å². The summed E-state index contributed by atoms with van der Waals surface area (Å²) in [5.74, 6) is 1.08. The molecule has 0 bridgehead atoms. The van der Waals surface area contributed by atoms with Crippen molar-refractivity contribution in [3.63, 3.8) is 0 Å². The fourth-order valence-electron chi connectivity index (χ4n) is 3.33. The Morgan fingerprint density at radius 3 is 3.04 bits per heavy atom. The van der Waals surface area contributed by atoms with Crippen LogP contribution in [0.25, 0.3) is 0 Å². The molecule has 1 amide bonds. The van der Waals surface area contributed by atoms with Gasteiger partial charge in [-0.3, -0.25) is 4.79 Å². The van der Waals surface area contributed by atoms with Gasteiger partial charge < -0.3 is 10.2 Å². The minimum absolute atomic E-state index is 0.00819. The third kappa shape index (κ3) is 4.49. The second-order valence-electron chi connectivity index (χ2n) is 6.88. The van der Waals surface area contributed by atoms with Crippen LogP contribution in [0.2, 0.25) is 0 Å². The van der Waals surface area contributed by atoms with Gasteiger partial charge in [-0.25, -0.2) is 4.98 Å². The normalized spacial score (nSPS) is 23.7. The quantitative estimate of drug-likeness (QED) is 0.796. The number of aryl methyl sites for hydroxylation is 1. The van der Waals surface area contributed by atoms with Crippen molar-refractivity contribution in [2.45, 2.75) is 58.4 Å². The minimum atomic E-state index is -0.00819. The van der Waals surface area contributed by atoms with Crippen LogP contribution >= 0.6 is 35.3 Å². The average Bonchev–Trinajstić information content (AvgIpc) is 2.94. The van der Waals surface area contributed by atoms with Crippen LogP contribution in [0, 0.1) is 5.92 Å². The molecule has 1 aliphatic heterocycles. The van der Waals surface area contributed by atoms with Gasteiger partial charge in [0.2, 0.25) is 5.91 Å². The highest BCUT2D eigenvalue weighted by molar-refractivity contribution is 8.23. The van der Waals surface area contributed by atoms with Crippen LogP contribution in [0.3, 0.4) is 0 Å². The van der Waals surface area contributed by atoms with Crippen molar-refractivity contribution in [2.24, 2.45) is 5.92 Å². The highest BCUT2D eigenvalue weighted by atomic mass is 32.2. The number of thiazole rings is 1. The molecule has 2 heterocycles. The van der Waals surface area contributed by atoms with Crippen molar-refractivity contribution in [3.05, 3.63) is 10.6 Å². The molecule has 132 valence electrons. The lowest BCUT2D eigenvalue weighted by atomic mass is 9.93. The first kappa shape index (κ1) is 18.1. The Balaban J connectivity index is 1.48. The van der Waals surface area contributed by atoms with Gasteiger partial charge in [-0.15, -0.1) is 11.3 Å². The Hall–Kier alpha value is -0.660. The number of anilines is 1. The molecular weight excluding hydrogens is 358 g/mol. The van der Waals surface area contributed by atoms with E-state index in [1.54, 1.807) is 11.3 Å². The number of thiocarbonyl (C=S) groups is 1. The van der Waals surface area contributed by atoms with Crippen LogP contribution in [0.15, 0.2) is 0 Å².